The highest BCUT2D eigenvalue weighted by Gasteiger charge is 2.35. The van der Waals surface area contributed by atoms with Crippen molar-refractivity contribution in [3.8, 4) is 6.01 Å². The third-order valence-electron chi connectivity index (χ3n) is 8.83. The molecule has 1 unspecified atom stereocenters. The van der Waals surface area contributed by atoms with Crippen molar-refractivity contribution in [1.82, 2.24) is 19.8 Å². The van der Waals surface area contributed by atoms with Gasteiger partial charge in [-0.2, -0.15) is 9.97 Å². The van der Waals surface area contributed by atoms with Crippen LogP contribution < -0.4 is 14.5 Å². The second-order valence-electron chi connectivity index (χ2n) is 11.3. The van der Waals surface area contributed by atoms with Gasteiger partial charge in [-0.05, 0) is 51.1 Å². The molecule has 2 saturated heterocycles. The average molecular weight is 570 g/mol. The molecule has 0 aliphatic carbocycles. The molecule has 9 nitrogen and oxygen atoms in total. The van der Waals surface area contributed by atoms with Gasteiger partial charge >= 0.3 is 6.01 Å². The molecule has 1 amide bonds. The summed E-state index contributed by atoms with van der Waals surface area (Å²) < 4.78 is 20.8. The number of halogens is 1. The Balaban J connectivity index is 1.33. The zero-order valence-electron chi connectivity index (χ0n) is 24.0. The second kappa shape index (κ2) is 11.9. The first-order valence-electron chi connectivity index (χ1n) is 14.6. The lowest BCUT2D eigenvalue weighted by Crippen LogP contribution is -2.56. The lowest BCUT2D eigenvalue weighted by molar-refractivity contribution is -0.128. The molecule has 3 aromatic rings. The van der Waals surface area contributed by atoms with E-state index in [0.717, 1.165) is 54.1 Å². The molecule has 0 radical (unpaired) electrons. The molecule has 0 spiro atoms. The second-order valence-corrected chi connectivity index (χ2v) is 11.3. The number of carbonyl (C=O) groups is 1. The van der Waals surface area contributed by atoms with Crippen molar-refractivity contribution in [3.05, 3.63) is 77.5 Å². The summed E-state index contributed by atoms with van der Waals surface area (Å²) in [6, 6.07) is 11.4. The van der Waals surface area contributed by atoms with Crippen molar-refractivity contribution in [2.75, 3.05) is 62.7 Å². The molecule has 2 atom stereocenters. The van der Waals surface area contributed by atoms with E-state index in [0.29, 0.717) is 56.6 Å². The predicted molar refractivity (Wildman–Crippen MR) is 161 cm³/mol. The van der Waals surface area contributed by atoms with Crippen LogP contribution in [-0.4, -0.2) is 90.7 Å². The molecule has 1 aromatic heterocycles. The minimum Gasteiger partial charge on any atom is -0.462 e. The summed E-state index contributed by atoms with van der Waals surface area (Å²) in [6.07, 6.45) is 4.26. The van der Waals surface area contributed by atoms with E-state index in [1.165, 1.54) is 12.1 Å². The number of likely N-dealkylation sites (tertiary alicyclic amines) is 1. The summed E-state index contributed by atoms with van der Waals surface area (Å²) in [6.45, 7) is 15.8. The molecule has 0 N–H and O–H groups in total. The molecule has 3 aliphatic heterocycles. The Labute approximate surface area is 246 Å². The molecule has 6 rings (SSSR count). The van der Waals surface area contributed by atoms with Gasteiger partial charge in [-0.15, -0.1) is 0 Å². The topological polar surface area (TPSA) is 69.4 Å². The number of benzene rings is 2. The quantitative estimate of drug-likeness (QED) is 0.316. The van der Waals surface area contributed by atoms with Gasteiger partial charge in [-0.1, -0.05) is 30.8 Å². The Morgan fingerprint density at radius 2 is 1.95 bits per heavy atom. The van der Waals surface area contributed by atoms with Crippen LogP contribution in [0.3, 0.4) is 0 Å². The number of amides is 1. The monoisotopic (exact) mass is 569 g/mol. The van der Waals surface area contributed by atoms with Crippen molar-refractivity contribution in [3.63, 3.8) is 0 Å². The van der Waals surface area contributed by atoms with Crippen LogP contribution in [0, 0.1) is 12.4 Å². The van der Waals surface area contributed by atoms with Crippen molar-refractivity contribution >= 4 is 28.2 Å². The van der Waals surface area contributed by atoms with Crippen LogP contribution in [0.15, 0.2) is 49.1 Å². The molecule has 10 heteroatoms. The van der Waals surface area contributed by atoms with Crippen LogP contribution in [0.5, 0.6) is 6.01 Å². The van der Waals surface area contributed by atoms with Crippen LogP contribution in [0.25, 0.3) is 15.6 Å². The summed E-state index contributed by atoms with van der Waals surface area (Å²) in [5, 5.41) is 1.48. The van der Waals surface area contributed by atoms with Gasteiger partial charge in [0, 0.05) is 54.2 Å². The van der Waals surface area contributed by atoms with Gasteiger partial charge in [-0.25, -0.2) is 11.0 Å². The normalized spacial score (nSPS) is 20.8. The van der Waals surface area contributed by atoms with Gasteiger partial charge in [0.1, 0.15) is 24.3 Å². The highest BCUT2D eigenvalue weighted by molar-refractivity contribution is 5.94. The molecule has 0 saturated carbocycles. The summed E-state index contributed by atoms with van der Waals surface area (Å²) in [5.41, 5.74) is 2.93. The number of fused-ring (bicyclic) bond motifs is 2. The number of ether oxygens (including phenoxy) is 1. The third kappa shape index (κ3) is 5.37. The van der Waals surface area contributed by atoms with Crippen LogP contribution in [-0.2, 0) is 17.8 Å². The first-order valence-corrected chi connectivity index (χ1v) is 14.6. The Bertz CT molecular complexity index is 1540. The Hall–Kier alpha value is -4.23. The van der Waals surface area contributed by atoms with Crippen LogP contribution in [0.1, 0.15) is 24.1 Å². The maximum Gasteiger partial charge on any atom is 0.318 e. The molecule has 3 aliphatic rings. The Kier molecular flexibility index (Phi) is 7.94. The number of rotatable bonds is 7. The van der Waals surface area contributed by atoms with Gasteiger partial charge < -0.3 is 29.2 Å². The average Bonchev–Trinajstić information content (AvgIpc) is 3.43. The summed E-state index contributed by atoms with van der Waals surface area (Å²) in [7, 11) is 2.12. The number of hydrogen-bond acceptors (Lipinski definition) is 7. The SMILES string of the molecule is [C-]#[N+]CC1CN(c2nc(OC[C@@H]3CCCN3C)nc3c2CCN(c2cccc4c(F)cccc24)C3)CCN1C(=O)C=C. The molecule has 218 valence electrons. The molecule has 2 fully saturated rings. The van der Waals surface area contributed by atoms with E-state index in [4.69, 9.17) is 21.3 Å². The number of nitrogens with zero attached hydrogens (tertiary/aromatic N) is 7. The molecule has 2 aromatic carbocycles. The van der Waals surface area contributed by atoms with E-state index >= 15 is 0 Å². The van der Waals surface area contributed by atoms with E-state index in [-0.39, 0.29) is 24.3 Å². The van der Waals surface area contributed by atoms with Crippen molar-refractivity contribution in [2.24, 2.45) is 0 Å². The fourth-order valence-corrected chi connectivity index (χ4v) is 6.53. The van der Waals surface area contributed by atoms with Crippen molar-refractivity contribution < 1.29 is 13.9 Å². The Morgan fingerprint density at radius 3 is 2.74 bits per heavy atom. The number of anilines is 2. The molecule has 0 bridgehead atoms. The van der Waals surface area contributed by atoms with Crippen LogP contribution in [0.4, 0.5) is 15.9 Å². The first-order chi connectivity index (χ1) is 20.5. The summed E-state index contributed by atoms with van der Waals surface area (Å²) >= 11 is 0. The van der Waals surface area contributed by atoms with Gasteiger partial charge in [-0.3, -0.25) is 4.79 Å². The maximum absolute atomic E-state index is 14.6. The first kappa shape index (κ1) is 27.9. The molecular formula is C32H36FN7O2. The van der Waals surface area contributed by atoms with E-state index in [9.17, 15) is 9.18 Å². The van der Waals surface area contributed by atoms with E-state index in [1.54, 1.807) is 11.0 Å². The standard InChI is InChI=1S/C32H36FN7O2/c1-4-30(41)40-17-16-39(19-23(40)18-34-2)31-26-13-15-38(29-12-6-9-24-25(29)10-5-11-27(24)33)20-28(26)35-32(36-31)42-21-22-8-7-14-37(22)3/h4-6,9-12,22-23H,1,7-8,13-21H2,3H3/t22-,23?/m0/s1. The smallest absolute Gasteiger partial charge is 0.318 e. The van der Waals surface area contributed by atoms with E-state index in [1.807, 2.05) is 24.3 Å². The van der Waals surface area contributed by atoms with Gasteiger partial charge in [0.2, 0.25) is 12.5 Å². The van der Waals surface area contributed by atoms with Crippen molar-refractivity contribution in [2.45, 2.75) is 37.9 Å². The fraction of sp³-hybridized carbons (Fsp3) is 0.438. The summed E-state index contributed by atoms with van der Waals surface area (Å²) in [5.74, 6) is 0.436. The third-order valence-corrected chi connectivity index (χ3v) is 8.83. The fourth-order valence-electron chi connectivity index (χ4n) is 6.53. The van der Waals surface area contributed by atoms with Gasteiger partial charge in [0.25, 0.3) is 0 Å². The number of aromatic nitrogens is 2. The zero-order chi connectivity index (χ0) is 29.2. The van der Waals surface area contributed by atoms with Crippen LogP contribution >= 0.6 is 0 Å². The Morgan fingerprint density at radius 1 is 1.12 bits per heavy atom. The lowest BCUT2D eigenvalue weighted by atomic mass is 10.0. The van der Waals surface area contributed by atoms with E-state index < -0.39 is 0 Å². The highest BCUT2D eigenvalue weighted by Crippen LogP contribution is 2.35. The van der Waals surface area contributed by atoms with E-state index in [2.05, 4.69) is 33.2 Å². The number of carbonyl (C=O) groups excluding carboxylic acids is 1. The lowest BCUT2D eigenvalue weighted by Gasteiger charge is -2.41. The largest absolute Gasteiger partial charge is 0.462 e. The molecule has 4 heterocycles. The number of likely N-dealkylation sites (N-methyl/N-ethyl adjacent to an activating group) is 1. The van der Waals surface area contributed by atoms with Gasteiger partial charge in [0.05, 0.1) is 12.2 Å². The number of hydrogen-bond donors (Lipinski definition) is 0. The van der Waals surface area contributed by atoms with Crippen LogP contribution in [0.2, 0.25) is 0 Å². The summed E-state index contributed by atoms with van der Waals surface area (Å²) in [4.78, 5) is 34.5. The van der Waals surface area contributed by atoms with Gasteiger partial charge in [0.15, 0.2) is 0 Å². The zero-order valence-corrected chi connectivity index (χ0v) is 24.0. The predicted octanol–water partition coefficient (Wildman–Crippen LogP) is 3.93. The highest BCUT2D eigenvalue weighted by atomic mass is 19.1. The van der Waals surface area contributed by atoms with Crippen molar-refractivity contribution in [1.29, 1.82) is 0 Å². The maximum atomic E-state index is 14.6. The minimum atomic E-state index is -0.255. The molecular weight excluding hydrogens is 533 g/mol. The number of piperazine rings is 1. The molecule has 42 heavy (non-hydrogen) atoms. The minimum absolute atomic E-state index is 0.153.